The molecule has 24 heavy (non-hydrogen) atoms. The standard InChI is InChI=1S/C18H29N5S/c1-14(2)23-8-6-19-18(23)12-22-7-5-16(10-22)9-21(4)11-17-15(3)20-13-24-17/h6,8,13-14,16H,5,7,9-12H2,1-4H3/t16-/m1/s1. The quantitative estimate of drug-likeness (QED) is 0.771. The molecule has 0 radical (unpaired) electrons. The average molecular weight is 348 g/mol. The van der Waals surface area contributed by atoms with Gasteiger partial charge in [-0.1, -0.05) is 0 Å². The Hall–Kier alpha value is -1.24. The third-order valence-corrected chi connectivity index (χ3v) is 5.79. The van der Waals surface area contributed by atoms with Gasteiger partial charge in [0.1, 0.15) is 5.82 Å². The van der Waals surface area contributed by atoms with Crippen molar-refractivity contribution in [3.05, 3.63) is 34.3 Å². The van der Waals surface area contributed by atoms with E-state index in [1.165, 1.54) is 35.9 Å². The highest BCUT2D eigenvalue weighted by molar-refractivity contribution is 7.09. The summed E-state index contributed by atoms with van der Waals surface area (Å²) in [5.74, 6) is 1.95. The molecule has 1 saturated heterocycles. The molecule has 5 nitrogen and oxygen atoms in total. The van der Waals surface area contributed by atoms with Crippen LogP contribution >= 0.6 is 11.3 Å². The molecule has 0 unspecified atom stereocenters. The topological polar surface area (TPSA) is 37.2 Å². The second-order valence-corrected chi connectivity index (χ2v) is 8.23. The van der Waals surface area contributed by atoms with Crippen molar-refractivity contribution in [2.75, 3.05) is 26.7 Å². The Kier molecular flexibility index (Phi) is 5.69. The van der Waals surface area contributed by atoms with Gasteiger partial charge in [-0.2, -0.15) is 0 Å². The zero-order valence-corrected chi connectivity index (χ0v) is 16.1. The number of nitrogens with zero attached hydrogens (tertiary/aromatic N) is 5. The van der Waals surface area contributed by atoms with Crippen LogP contribution in [0.4, 0.5) is 0 Å². The van der Waals surface area contributed by atoms with Crippen molar-refractivity contribution < 1.29 is 0 Å². The normalized spacial score (nSPS) is 19.0. The Bertz CT molecular complexity index is 647. The smallest absolute Gasteiger partial charge is 0.123 e. The molecule has 1 aliphatic rings. The van der Waals surface area contributed by atoms with Gasteiger partial charge in [0, 0.05) is 42.9 Å². The first-order chi connectivity index (χ1) is 11.5. The predicted octanol–water partition coefficient (Wildman–Crippen LogP) is 3.18. The van der Waals surface area contributed by atoms with E-state index in [4.69, 9.17) is 0 Å². The highest BCUT2D eigenvalue weighted by atomic mass is 32.1. The fourth-order valence-corrected chi connectivity index (χ4v) is 4.43. The van der Waals surface area contributed by atoms with Gasteiger partial charge in [0.15, 0.2) is 0 Å². The van der Waals surface area contributed by atoms with Crippen LogP contribution in [-0.4, -0.2) is 51.0 Å². The molecule has 0 N–H and O–H groups in total. The van der Waals surface area contributed by atoms with E-state index in [0.29, 0.717) is 6.04 Å². The second kappa shape index (κ2) is 7.76. The molecule has 1 fully saturated rings. The maximum absolute atomic E-state index is 4.55. The number of hydrogen-bond acceptors (Lipinski definition) is 5. The van der Waals surface area contributed by atoms with Gasteiger partial charge in [0.2, 0.25) is 0 Å². The zero-order valence-electron chi connectivity index (χ0n) is 15.3. The van der Waals surface area contributed by atoms with Crippen LogP contribution in [0.3, 0.4) is 0 Å². The molecule has 1 atom stereocenters. The maximum Gasteiger partial charge on any atom is 0.123 e. The Balaban J connectivity index is 1.48. The fraction of sp³-hybridized carbons (Fsp3) is 0.667. The van der Waals surface area contributed by atoms with Crippen molar-refractivity contribution in [3.8, 4) is 0 Å². The molecule has 0 bridgehead atoms. The first-order valence-electron chi connectivity index (χ1n) is 8.84. The van der Waals surface area contributed by atoms with Crippen LogP contribution in [0.1, 0.15) is 42.7 Å². The summed E-state index contributed by atoms with van der Waals surface area (Å²) in [6.07, 6.45) is 5.31. The average Bonchev–Trinajstić information content (AvgIpc) is 3.23. The number of aryl methyl sites for hydroxylation is 1. The molecule has 3 heterocycles. The second-order valence-electron chi connectivity index (χ2n) is 7.29. The molecule has 2 aromatic heterocycles. The van der Waals surface area contributed by atoms with Crippen LogP contribution in [0.25, 0.3) is 0 Å². The van der Waals surface area contributed by atoms with Gasteiger partial charge in [0.25, 0.3) is 0 Å². The van der Waals surface area contributed by atoms with Gasteiger partial charge in [-0.25, -0.2) is 9.97 Å². The number of likely N-dealkylation sites (tertiary alicyclic amines) is 1. The summed E-state index contributed by atoms with van der Waals surface area (Å²) in [4.78, 5) is 15.3. The van der Waals surface area contributed by atoms with E-state index in [0.717, 1.165) is 25.6 Å². The summed E-state index contributed by atoms with van der Waals surface area (Å²) in [5.41, 5.74) is 3.13. The first-order valence-corrected chi connectivity index (χ1v) is 9.72. The van der Waals surface area contributed by atoms with Crippen molar-refractivity contribution in [2.24, 2.45) is 5.92 Å². The highest BCUT2D eigenvalue weighted by Crippen LogP contribution is 2.21. The van der Waals surface area contributed by atoms with E-state index in [1.807, 2.05) is 11.7 Å². The summed E-state index contributed by atoms with van der Waals surface area (Å²) in [7, 11) is 2.23. The van der Waals surface area contributed by atoms with E-state index >= 15 is 0 Å². The van der Waals surface area contributed by atoms with E-state index < -0.39 is 0 Å². The third kappa shape index (κ3) is 4.23. The number of thiazole rings is 1. The molecule has 0 amide bonds. The predicted molar refractivity (Wildman–Crippen MR) is 99.2 cm³/mol. The highest BCUT2D eigenvalue weighted by Gasteiger charge is 2.25. The SMILES string of the molecule is Cc1ncsc1CN(C)C[C@H]1CCN(Cc2nccn2C(C)C)C1. The number of aromatic nitrogens is 3. The van der Waals surface area contributed by atoms with Gasteiger partial charge >= 0.3 is 0 Å². The van der Waals surface area contributed by atoms with Crippen LogP contribution in [0.15, 0.2) is 17.9 Å². The number of rotatable bonds is 7. The van der Waals surface area contributed by atoms with Gasteiger partial charge in [-0.05, 0) is 46.7 Å². The zero-order chi connectivity index (χ0) is 17.1. The van der Waals surface area contributed by atoms with E-state index in [1.54, 1.807) is 11.3 Å². The van der Waals surface area contributed by atoms with Crippen LogP contribution < -0.4 is 0 Å². The molecule has 0 spiro atoms. The monoisotopic (exact) mass is 347 g/mol. The van der Waals surface area contributed by atoms with Crippen LogP contribution in [0.5, 0.6) is 0 Å². The Labute approximate surface area is 149 Å². The Morgan fingerprint density at radius 1 is 1.38 bits per heavy atom. The Morgan fingerprint density at radius 3 is 2.92 bits per heavy atom. The molecular formula is C18H29N5S. The van der Waals surface area contributed by atoms with E-state index in [-0.39, 0.29) is 0 Å². The van der Waals surface area contributed by atoms with E-state index in [2.05, 4.69) is 58.4 Å². The summed E-state index contributed by atoms with van der Waals surface area (Å²) >= 11 is 1.77. The van der Waals surface area contributed by atoms with Crippen LogP contribution in [0.2, 0.25) is 0 Å². The van der Waals surface area contributed by atoms with Gasteiger partial charge < -0.3 is 9.47 Å². The molecule has 132 valence electrons. The van der Waals surface area contributed by atoms with Crippen molar-refractivity contribution >= 4 is 11.3 Å². The third-order valence-electron chi connectivity index (χ3n) is 4.87. The number of hydrogen-bond donors (Lipinski definition) is 0. The van der Waals surface area contributed by atoms with Crippen LogP contribution in [-0.2, 0) is 13.1 Å². The minimum Gasteiger partial charge on any atom is -0.331 e. The molecule has 0 aliphatic carbocycles. The Morgan fingerprint density at radius 2 is 2.21 bits per heavy atom. The molecule has 0 aromatic carbocycles. The van der Waals surface area contributed by atoms with Crippen molar-refractivity contribution in [3.63, 3.8) is 0 Å². The molecule has 3 rings (SSSR count). The molecular weight excluding hydrogens is 318 g/mol. The van der Waals surface area contributed by atoms with Gasteiger partial charge in [-0.15, -0.1) is 11.3 Å². The molecule has 1 aliphatic heterocycles. The van der Waals surface area contributed by atoms with Crippen molar-refractivity contribution in [1.82, 2.24) is 24.3 Å². The lowest BCUT2D eigenvalue weighted by atomic mass is 10.1. The fourth-order valence-electron chi connectivity index (χ4n) is 3.57. The van der Waals surface area contributed by atoms with Crippen molar-refractivity contribution in [2.45, 2.75) is 46.3 Å². The lowest BCUT2D eigenvalue weighted by Crippen LogP contribution is -2.28. The van der Waals surface area contributed by atoms with Gasteiger partial charge in [-0.3, -0.25) is 4.90 Å². The lowest BCUT2D eigenvalue weighted by Gasteiger charge is -2.21. The molecule has 2 aromatic rings. The summed E-state index contributed by atoms with van der Waals surface area (Å²) in [5, 5.41) is 0. The first kappa shape index (κ1) is 17.6. The van der Waals surface area contributed by atoms with E-state index in [9.17, 15) is 0 Å². The summed E-state index contributed by atoms with van der Waals surface area (Å²) in [6, 6.07) is 0.481. The summed E-state index contributed by atoms with van der Waals surface area (Å²) in [6.45, 7) is 12.0. The number of imidazole rings is 1. The van der Waals surface area contributed by atoms with Crippen molar-refractivity contribution in [1.29, 1.82) is 0 Å². The summed E-state index contributed by atoms with van der Waals surface area (Å²) < 4.78 is 2.28. The molecule has 6 heteroatoms. The lowest BCUT2D eigenvalue weighted by molar-refractivity contribution is 0.252. The maximum atomic E-state index is 4.55. The van der Waals surface area contributed by atoms with Crippen LogP contribution in [0, 0.1) is 12.8 Å². The van der Waals surface area contributed by atoms with Gasteiger partial charge in [0.05, 0.1) is 17.7 Å². The largest absolute Gasteiger partial charge is 0.331 e. The minimum atomic E-state index is 0.481. The molecule has 0 saturated carbocycles. The minimum absolute atomic E-state index is 0.481.